The molecule has 6 nitrogen and oxygen atoms in total. The van der Waals surface area contributed by atoms with Gasteiger partial charge < -0.3 is 15.5 Å². The lowest BCUT2D eigenvalue weighted by molar-refractivity contribution is 0.467. The monoisotopic (exact) mass is 476 g/mol. The molecule has 1 aromatic rings. The van der Waals surface area contributed by atoms with Gasteiger partial charge in [-0.2, -0.15) is 5.10 Å². The van der Waals surface area contributed by atoms with Crippen molar-refractivity contribution in [2.75, 3.05) is 31.1 Å². The van der Waals surface area contributed by atoms with Gasteiger partial charge in [0, 0.05) is 45.5 Å². The van der Waals surface area contributed by atoms with Gasteiger partial charge in [0.1, 0.15) is 0 Å². The van der Waals surface area contributed by atoms with Crippen molar-refractivity contribution in [1.82, 2.24) is 20.4 Å². The van der Waals surface area contributed by atoms with Crippen LogP contribution in [0.4, 0.5) is 5.69 Å². The molecule has 2 heterocycles. The van der Waals surface area contributed by atoms with Crippen LogP contribution in [-0.2, 0) is 7.05 Å². The Morgan fingerprint density at radius 1 is 1.38 bits per heavy atom. The first-order valence-electron chi connectivity index (χ1n) is 9.87. The molecule has 1 saturated heterocycles. The predicted octanol–water partition coefficient (Wildman–Crippen LogP) is 3.39. The number of aliphatic imine (C=N–C) groups is 1. The summed E-state index contributed by atoms with van der Waals surface area (Å²) in [5.74, 6) is 1.75. The summed E-state index contributed by atoms with van der Waals surface area (Å²) in [6.07, 6.45) is 10.2. The number of hydrogen-bond acceptors (Lipinski definition) is 3. The van der Waals surface area contributed by atoms with E-state index in [1.807, 2.05) is 17.9 Å². The van der Waals surface area contributed by atoms with E-state index < -0.39 is 0 Å². The number of nitrogens with one attached hydrogen (secondary N) is 2. The first-order chi connectivity index (χ1) is 12.1. The van der Waals surface area contributed by atoms with E-state index in [0.717, 1.165) is 38.1 Å². The van der Waals surface area contributed by atoms with Gasteiger partial charge in [0.2, 0.25) is 0 Å². The number of unbranched alkanes of at least 4 members (excludes halogenated alkanes) is 1. The molecule has 2 N–H and O–H groups in total. The molecule has 0 bridgehead atoms. The van der Waals surface area contributed by atoms with Gasteiger partial charge in [0.15, 0.2) is 5.96 Å². The van der Waals surface area contributed by atoms with E-state index >= 15 is 0 Å². The fourth-order valence-corrected chi connectivity index (χ4v) is 3.27. The van der Waals surface area contributed by atoms with Crippen molar-refractivity contribution in [3.8, 4) is 0 Å². The highest BCUT2D eigenvalue weighted by Gasteiger charge is 2.21. The molecule has 0 aliphatic carbocycles. The van der Waals surface area contributed by atoms with Crippen molar-refractivity contribution < 1.29 is 0 Å². The fraction of sp³-hybridized carbons (Fsp3) is 0.789. The summed E-state index contributed by atoms with van der Waals surface area (Å²) in [7, 11) is 1.97. The molecule has 0 spiro atoms. The Morgan fingerprint density at radius 3 is 2.85 bits per heavy atom. The molecule has 1 fully saturated rings. The molecule has 0 saturated carbocycles. The van der Waals surface area contributed by atoms with Gasteiger partial charge in [-0.25, -0.2) is 0 Å². The van der Waals surface area contributed by atoms with Crippen molar-refractivity contribution in [2.45, 2.75) is 58.9 Å². The molecule has 1 unspecified atom stereocenters. The largest absolute Gasteiger partial charge is 0.367 e. The zero-order chi connectivity index (χ0) is 18.1. The van der Waals surface area contributed by atoms with Crippen LogP contribution < -0.4 is 15.5 Å². The van der Waals surface area contributed by atoms with Crippen LogP contribution in [0, 0.1) is 5.92 Å². The van der Waals surface area contributed by atoms with E-state index in [9.17, 15) is 0 Å². The highest BCUT2D eigenvalue weighted by atomic mass is 127. The van der Waals surface area contributed by atoms with E-state index in [0.29, 0.717) is 6.04 Å². The number of aromatic nitrogens is 2. The Morgan fingerprint density at radius 2 is 2.19 bits per heavy atom. The van der Waals surface area contributed by atoms with Crippen molar-refractivity contribution in [3.05, 3.63) is 12.4 Å². The number of hydrogen-bond donors (Lipinski definition) is 2. The Kier molecular flexibility index (Phi) is 11.0. The second-order valence-corrected chi connectivity index (χ2v) is 7.45. The molecular weight excluding hydrogens is 439 g/mol. The van der Waals surface area contributed by atoms with Crippen LogP contribution >= 0.6 is 24.0 Å². The van der Waals surface area contributed by atoms with Gasteiger partial charge in [-0.05, 0) is 32.1 Å². The van der Waals surface area contributed by atoms with Gasteiger partial charge in [-0.15, -0.1) is 24.0 Å². The first kappa shape index (κ1) is 23.0. The van der Waals surface area contributed by atoms with E-state index in [1.165, 1.54) is 37.8 Å². The number of piperidine rings is 1. The van der Waals surface area contributed by atoms with Gasteiger partial charge in [0.05, 0.1) is 11.9 Å². The Bertz CT molecular complexity index is 528. The van der Waals surface area contributed by atoms with Crippen LogP contribution in [-0.4, -0.2) is 48.0 Å². The molecule has 26 heavy (non-hydrogen) atoms. The second kappa shape index (κ2) is 12.4. The molecule has 1 aromatic heterocycles. The van der Waals surface area contributed by atoms with E-state index in [4.69, 9.17) is 4.99 Å². The van der Waals surface area contributed by atoms with Gasteiger partial charge in [-0.1, -0.05) is 26.7 Å². The minimum Gasteiger partial charge on any atom is -0.367 e. The minimum absolute atomic E-state index is 0. The average Bonchev–Trinajstić information content (AvgIpc) is 3.01. The number of guanidine groups is 1. The van der Waals surface area contributed by atoms with Gasteiger partial charge in [-0.3, -0.25) is 9.67 Å². The summed E-state index contributed by atoms with van der Waals surface area (Å²) in [4.78, 5) is 7.18. The number of anilines is 1. The Hall–Kier alpha value is -0.990. The van der Waals surface area contributed by atoms with Crippen LogP contribution in [0.25, 0.3) is 0 Å². The minimum atomic E-state index is 0. The standard InChI is InChI=1S/C19H36N6.HI/c1-5-20-19(21-11-7-6-9-16(2)3)23-17-10-8-12-25(14-17)18-13-22-24(4)15-18;/h13,15-17H,5-12,14H2,1-4H3,(H2,20,21,23);1H. The van der Waals surface area contributed by atoms with Crippen molar-refractivity contribution in [3.63, 3.8) is 0 Å². The van der Waals surface area contributed by atoms with Gasteiger partial charge >= 0.3 is 0 Å². The SMILES string of the molecule is CCNC(=NCCCCC(C)C)NC1CCCN(c2cnn(C)c2)C1.I. The zero-order valence-corrected chi connectivity index (χ0v) is 19.2. The second-order valence-electron chi connectivity index (χ2n) is 7.45. The summed E-state index contributed by atoms with van der Waals surface area (Å²) < 4.78 is 1.87. The van der Waals surface area contributed by atoms with Crippen LogP contribution in [0.15, 0.2) is 17.4 Å². The van der Waals surface area contributed by atoms with Crippen molar-refractivity contribution >= 4 is 35.6 Å². The van der Waals surface area contributed by atoms with Crippen molar-refractivity contribution in [1.29, 1.82) is 0 Å². The predicted molar refractivity (Wildman–Crippen MR) is 122 cm³/mol. The zero-order valence-electron chi connectivity index (χ0n) is 16.9. The number of nitrogens with zero attached hydrogens (tertiary/aromatic N) is 4. The summed E-state index contributed by atoms with van der Waals surface area (Å²) >= 11 is 0. The molecular formula is C19H37IN6. The first-order valence-corrected chi connectivity index (χ1v) is 9.87. The topological polar surface area (TPSA) is 57.5 Å². The third kappa shape index (κ3) is 8.14. The smallest absolute Gasteiger partial charge is 0.191 e. The van der Waals surface area contributed by atoms with E-state index in [-0.39, 0.29) is 24.0 Å². The molecule has 7 heteroatoms. The fourth-order valence-electron chi connectivity index (χ4n) is 3.27. The molecule has 0 amide bonds. The lowest BCUT2D eigenvalue weighted by atomic mass is 10.1. The Labute approximate surface area is 176 Å². The van der Waals surface area contributed by atoms with E-state index in [1.54, 1.807) is 0 Å². The maximum atomic E-state index is 4.77. The summed E-state index contributed by atoms with van der Waals surface area (Å²) in [5.41, 5.74) is 1.21. The lowest BCUT2D eigenvalue weighted by Gasteiger charge is -2.34. The molecule has 0 radical (unpaired) electrons. The molecule has 1 aliphatic rings. The molecule has 2 rings (SSSR count). The third-order valence-corrected chi connectivity index (χ3v) is 4.62. The highest BCUT2D eigenvalue weighted by molar-refractivity contribution is 14.0. The third-order valence-electron chi connectivity index (χ3n) is 4.62. The summed E-state index contributed by atoms with van der Waals surface area (Å²) in [6, 6.07) is 0.433. The highest BCUT2D eigenvalue weighted by Crippen LogP contribution is 2.18. The maximum Gasteiger partial charge on any atom is 0.191 e. The average molecular weight is 476 g/mol. The number of halogens is 1. The quantitative estimate of drug-likeness (QED) is 0.262. The number of rotatable bonds is 8. The molecule has 150 valence electrons. The van der Waals surface area contributed by atoms with Gasteiger partial charge in [0.25, 0.3) is 0 Å². The summed E-state index contributed by atoms with van der Waals surface area (Å²) in [5, 5.41) is 11.3. The normalized spacial score (nSPS) is 18.0. The van der Waals surface area contributed by atoms with E-state index in [2.05, 4.69) is 47.6 Å². The molecule has 1 atom stereocenters. The number of aryl methyl sites for hydroxylation is 1. The summed E-state index contributed by atoms with van der Waals surface area (Å²) in [6.45, 7) is 10.6. The van der Waals surface area contributed by atoms with Crippen LogP contribution in [0.2, 0.25) is 0 Å². The van der Waals surface area contributed by atoms with Crippen LogP contribution in [0.3, 0.4) is 0 Å². The molecule has 1 aliphatic heterocycles. The molecule has 0 aromatic carbocycles. The maximum absolute atomic E-state index is 4.77. The van der Waals surface area contributed by atoms with Crippen LogP contribution in [0.5, 0.6) is 0 Å². The lowest BCUT2D eigenvalue weighted by Crippen LogP contribution is -2.51. The van der Waals surface area contributed by atoms with Crippen LogP contribution in [0.1, 0.15) is 52.9 Å². The van der Waals surface area contributed by atoms with Crippen molar-refractivity contribution in [2.24, 2.45) is 18.0 Å². The Balaban J connectivity index is 0.00000338.